The standard InChI is InChI=1S/C20H23BrN2O2/c1-3-6-15-7-4-5-8-18(15)23-20(25)13-19(22-14(2)24)16-9-11-17(21)12-10-16/h4-5,7-12,19H,3,6,13H2,1-2H3,(H,22,24)(H,23,25). The average Bonchev–Trinajstić information content (AvgIpc) is 2.56. The van der Waals surface area contributed by atoms with Gasteiger partial charge in [0.1, 0.15) is 0 Å². The van der Waals surface area contributed by atoms with Gasteiger partial charge in [0.15, 0.2) is 0 Å². The molecular formula is C20H23BrN2O2. The van der Waals surface area contributed by atoms with E-state index < -0.39 is 0 Å². The van der Waals surface area contributed by atoms with Crippen molar-refractivity contribution in [1.82, 2.24) is 5.32 Å². The third kappa shape index (κ3) is 6.02. The van der Waals surface area contributed by atoms with Crippen molar-refractivity contribution < 1.29 is 9.59 Å². The van der Waals surface area contributed by atoms with E-state index in [-0.39, 0.29) is 24.3 Å². The molecule has 0 spiro atoms. The van der Waals surface area contributed by atoms with Crippen LogP contribution in [0.2, 0.25) is 0 Å². The lowest BCUT2D eigenvalue weighted by Gasteiger charge is -2.19. The van der Waals surface area contributed by atoms with Gasteiger partial charge in [0.25, 0.3) is 0 Å². The van der Waals surface area contributed by atoms with Crippen molar-refractivity contribution in [2.75, 3.05) is 5.32 Å². The Morgan fingerprint density at radius 1 is 1.08 bits per heavy atom. The van der Waals surface area contributed by atoms with E-state index in [9.17, 15) is 9.59 Å². The number of benzene rings is 2. The van der Waals surface area contributed by atoms with Gasteiger partial charge in [0, 0.05) is 17.1 Å². The third-order valence-corrected chi connectivity index (χ3v) is 4.38. The Kier molecular flexibility index (Phi) is 7.19. The molecule has 1 unspecified atom stereocenters. The van der Waals surface area contributed by atoms with E-state index >= 15 is 0 Å². The molecule has 2 aromatic carbocycles. The third-order valence-electron chi connectivity index (χ3n) is 3.85. The monoisotopic (exact) mass is 402 g/mol. The first-order valence-corrected chi connectivity index (χ1v) is 9.19. The van der Waals surface area contributed by atoms with Crippen molar-refractivity contribution in [3.63, 3.8) is 0 Å². The number of anilines is 1. The second-order valence-corrected chi connectivity index (χ2v) is 6.88. The quantitative estimate of drug-likeness (QED) is 0.710. The predicted octanol–water partition coefficient (Wildman–Crippen LogP) is 4.61. The van der Waals surface area contributed by atoms with Gasteiger partial charge in [0.05, 0.1) is 12.5 Å². The molecule has 0 radical (unpaired) electrons. The molecule has 0 fully saturated rings. The number of amides is 2. The summed E-state index contributed by atoms with van der Waals surface area (Å²) in [4.78, 5) is 24.1. The van der Waals surface area contributed by atoms with E-state index in [4.69, 9.17) is 0 Å². The Labute approximate surface area is 157 Å². The molecule has 5 heteroatoms. The Bertz CT molecular complexity index is 729. The first-order valence-electron chi connectivity index (χ1n) is 8.40. The largest absolute Gasteiger partial charge is 0.349 e. The van der Waals surface area contributed by atoms with Crippen molar-refractivity contribution in [3.05, 3.63) is 64.1 Å². The van der Waals surface area contributed by atoms with Crippen LogP contribution in [0.5, 0.6) is 0 Å². The highest BCUT2D eigenvalue weighted by atomic mass is 79.9. The Hall–Kier alpha value is -2.14. The molecule has 0 aromatic heterocycles. The van der Waals surface area contributed by atoms with E-state index in [1.165, 1.54) is 6.92 Å². The number of carbonyl (C=O) groups excluding carboxylic acids is 2. The molecule has 25 heavy (non-hydrogen) atoms. The lowest BCUT2D eigenvalue weighted by molar-refractivity contribution is -0.120. The fraction of sp³-hybridized carbons (Fsp3) is 0.300. The maximum Gasteiger partial charge on any atom is 0.226 e. The summed E-state index contributed by atoms with van der Waals surface area (Å²) in [5.74, 6) is -0.280. The van der Waals surface area contributed by atoms with Crippen LogP contribution in [0.15, 0.2) is 53.0 Å². The minimum Gasteiger partial charge on any atom is -0.349 e. The molecule has 0 aliphatic rings. The highest BCUT2D eigenvalue weighted by Crippen LogP contribution is 2.22. The fourth-order valence-corrected chi connectivity index (χ4v) is 2.97. The van der Waals surface area contributed by atoms with Crippen molar-refractivity contribution in [3.8, 4) is 0 Å². The minimum absolute atomic E-state index is 0.120. The van der Waals surface area contributed by atoms with Crippen LogP contribution in [-0.4, -0.2) is 11.8 Å². The summed E-state index contributed by atoms with van der Waals surface area (Å²) >= 11 is 3.40. The molecule has 1 atom stereocenters. The second kappa shape index (κ2) is 9.37. The van der Waals surface area contributed by atoms with Crippen LogP contribution >= 0.6 is 15.9 Å². The number of aryl methyl sites for hydroxylation is 1. The van der Waals surface area contributed by atoms with Crippen molar-refractivity contribution in [2.45, 2.75) is 39.2 Å². The molecule has 4 nitrogen and oxygen atoms in total. The van der Waals surface area contributed by atoms with Gasteiger partial charge < -0.3 is 10.6 Å². The van der Waals surface area contributed by atoms with Gasteiger partial charge in [-0.05, 0) is 35.7 Å². The zero-order valence-electron chi connectivity index (χ0n) is 14.5. The number of nitrogens with one attached hydrogen (secondary N) is 2. The van der Waals surface area contributed by atoms with Crippen LogP contribution in [0.3, 0.4) is 0 Å². The predicted molar refractivity (Wildman–Crippen MR) is 104 cm³/mol. The van der Waals surface area contributed by atoms with E-state index in [2.05, 4.69) is 33.5 Å². The van der Waals surface area contributed by atoms with Gasteiger partial charge in [0.2, 0.25) is 11.8 Å². The van der Waals surface area contributed by atoms with Crippen molar-refractivity contribution in [1.29, 1.82) is 0 Å². The normalized spacial score (nSPS) is 11.6. The van der Waals surface area contributed by atoms with Crippen molar-refractivity contribution >= 4 is 33.4 Å². The lowest BCUT2D eigenvalue weighted by atomic mass is 10.0. The van der Waals surface area contributed by atoms with Crippen LogP contribution in [0.4, 0.5) is 5.69 Å². The molecule has 2 N–H and O–H groups in total. The molecule has 0 aliphatic carbocycles. The number of hydrogen-bond acceptors (Lipinski definition) is 2. The van der Waals surface area contributed by atoms with Gasteiger partial charge in [-0.1, -0.05) is 59.6 Å². The first-order chi connectivity index (χ1) is 12.0. The highest BCUT2D eigenvalue weighted by Gasteiger charge is 2.18. The molecule has 0 aliphatic heterocycles. The number of carbonyl (C=O) groups is 2. The SMILES string of the molecule is CCCc1ccccc1NC(=O)CC(NC(C)=O)c1ccc(Br)cc1. The Balaban J connectivity index is 2.11. The van der Waals surface area contributed by atoms with Crippen LogP contribution in [-0.2, 0) is 16.0 Å². The van der Waals surface area contributed by atoms with Crippen LogP contribution < -0.4 is 10.6 Å². The topological polar surface area (TPSA) is 58.2 Å². The second-order valence-electron chi connectivity index (χ2n) is 5.96. The highest BCUT2D eigenvalue weighted by molar-refractivity contribution is 9.10. The van der Waals surface area contributed by atoms with Crippen LogP contribution in [0.1, 0.15) is 43.9 Å². The maximum atomic E-state index is 12.5. The number of hydrogen-bond donors (Lipinski definition) is 2. The Morgan fingerprint density at radius 2 is 1.76 bits per heavy atom. The first kappa shape index (κ1) is 19.2. The zero-order valence-corrected chi connectivity index (χ0v) is 16.1. The van der Waals surface area contributed by atoms with E-state index in [1.54, 1.807) is 0 Å². The molecule has 0 saturated carbocycles. The van der Waals surface area contributed by atoms with Gasteiger partial charge >= 0.3 is 0 Å². The van der Waals surface area contributed by atoms with E-state index in [0.29, 0.717) is 0 Å². The number of rotatable bonds is 7. The molecular weight excluding hydrogens is 380 g/mol. The molecule has 2 amide bonds. The van der Waals surface area contributed by atoms with Crippen LogP contribution in [0, 0.1) is 0 Å². The smallest absolute Gasteiger partial charge is 0.226 e. The molecule has 0 saturated heterocycles. The van der Waals surface area contributed by atoms with Gasteiger partial charge in [-0.25, -0.2) is 0 Å². The lowest BCUT2D eigenvalue weighted by Crippen LogP contribution is -2.29. The molecule has 2 aromatic rings. The summed E-state index contributed by atoms with van der Waals surface area (Å²) in [6.45, 7) is 3.57. The minimum atomic E-state index is -0.357. The van der Waals surface area contributed by atoms with E-state index in [0.717, 1.165) is 34.1 Å². The van der Waals surface area contributed by atoms with Gasteiger partial charge in [-0.2, -0.15) is 0 Å². The molecule has 0 heterocycles. The van der Waals surface area contributed by atoms with Gasteiger partial charge in [-0.15, -0.1) is 0 Å². The molecule has 0 bridgehead atoms. The number of para-hydroxylation sites is 1. The van der Waals surface area contributed by atoms with Gasteiger partial charge in [-0.3, -0.25) is 9.59 Å². The molecule has 2 rings (SSSR count). The summed E-state index contributed by atoms with van der Waals surface area (Å²) in [7, 11) is 0. The maximum absolute atomic E-state index is 12.5. The summed E-state index contributed by atoms with van der Waals surface area (Å²) in [5.41, 5.74) is 2.86. The van der Waals surface area contributed by atoms with Crippen LogP contribution in [0.25, 0.3) is 0 Å². The summed E-state index contributed by atoms with van der Waals surface area (Å²) < 4.78 is 0.954. The summed E-state index contributed by atoms with van der Waals surface area (Å²) in [5, 5.41) is 5.84. The Morgan fingerprint density at radius 3 is 2.40 bits per heavy atom. The molecule has 132 valence electrons. The zero-order chi connectivity index (χ0) is 18.2. The summed E-state index contributed by atoms with van der Waals surface area (Å²) in [6.07, 6.45) is 2.11. The summed E-state index contributed by atoms with van der Waals surface area (Å²) in [6, 6.07) is 15.1. The number of halogens is 1. The van der Waals surface area contributed by atoms with E-state index in [1.807, 2.05) is 48.5 Å². The van der Waals surface area contributed by atoms with Crippen molar-refractivity contribution in [2.24, 2.45) is 0 Å². The fourth-order valence-electron chi connectivity index (χ4n) is 2.71. The average molecular weight is 403 g/mol.